The molecule has 24 heavy (non-hydrogen) atoms. The lowest BCUT2D eigenvalue weighted by Gasteiger charge is -2.12. The summed E-state index contributed by atoms with van der Waals surface area (Å²) in [7, 11) is 3.16. The number of aromatic nitrogens is 1. The van der Waals surface area contributed by atoms with Gasteiger partial charge in [-0.2, -0.15) is 0 Å². The first-order valence-electron chi connectivity index (χ1n) is 7.37. The van der Waals surface area contributed by atoms with Crippen LogP contribution in [0, 0.1) is 6.92 Å². The van der Waals surface area contributed by atoms with Gasteiger partial charge in [-0.1, -0.05) is 18.2 Å². The van der Waals surface area contributed by atoms with Crippen molar-refractivity contribution in [1.29, 1.82) is 0 Å². The standard InChI is InChI=1S/C19H16ClNO3/c1-11-5-4-6-13-14(19(20)22)10-15(21-18(11)13)12-7-8-16(23-2)17(9-12)24-3/h4-10H,1-3H3. The highest BCUT2D eigenvalue weighted by atomic mass is 35.5. The van der Waals surface area contributed by atoms with E-state index in [0.717, 1.165) is 22.0 Å². The molecule has 0 spiro atoms. The first-order valence-corrected chi connectivity index (χ1v) is 7.75. The van der Waals surface area contributed by atoms with Crippen LogP contribution >= 0.6 is 11.6 Å². The van der Waals surface area contributed by atoms with Crippen molar-refractivity contribution in [2.45, 2.75) is 6.92 Å². The molecule has 0 aliphatic rings. The van der Waals surface area contributed by atoms with E-state index >= 15 is 0 Å². The largest absolute Gasteiger partial charge is 0.493 e. The fraction of sp³-hybridized carbons (Fsp3) is 0.158. The Hall–Kier alpha value is -2.59. The van der Waals surface area contributed by atoms with E-state index in [1.165, 1.54) is 0 Å². The lowest BCUT2D eigenvalue weighted by Crippen LogP contribution is -1.98. The number of ether oxygens (including phenoxy) is 2. The zero-order valence-corrected chi connectivity index (χ0v) is 14.3. The number of benzene rings is 2. The third-order valence-electron chi connectivity index (χ3n) is 3.93. The van der Waals surface area contributed by atoms with Crippen LogP contribution in [-0.2, 0) is 0 Å². The number of rotatable bonds is 4. The van der Waals surface area contributed by atoms with Gasteiger partial charge in [-0.05, 0) is 48.4 Å². The van der Waals surface area contributed by atoms with Gasteiger partial charge in [-0.15, -0.1) is 0 Å². The summed E-state index contributed by atoms with van der Waals surface area (Å²) in [6.07, 6.45) is 0. The number of nitrogens with zero attached hydrogens (tertiary/aromatic N) is 1. The zero-order chi connectivity index (χ0) is 17.3. The number of carbonyl (C=O) groups is 1. The molecule has 0 bridgehead atoms. The van der Waals surface area contributed by atoms with E-state index in [2.05, 4.69) is 0 Å². The number of hydrogen-bond acceptors (Lipinski definition) is 4. The van der Waals surface area contributed by atoms with E-state index in [1.807, 2.05) is 37.3 Å². The van der Waals surface area contributed by atoms with Crippen LogP contribution < -0.4 is 9.47 Å². The Balaban J connectivity index is 2.27. The molecular formula is C19H16ClNO3. The molecule has 0 atom stereocenters. The van der Waals surface area contributed by atoms with Crippen molar-refractivity contribution >= 4 is 27.7 Å². The summed E-state index contributed by atoms with van der Waals surface area (Å²) in [6.45, 7) is 1.95. The van der Waals surface area contributed by atoms with E-state index in [9.17, 15) is 4.79 Å². The molecule has 122 valence electrons. The quantitative estimate of drug-likeness (QED) is 0.650. The molecule has 3 aromatic rings. The van der Waals surface area contributed by atoms with Gasteiger partial charge in [0.25, 0.3) is 5.24 Å². The van der Waals surface area contributed by atoms with Crippen LogP contribution in [0.4, 0.5) is 0 Å². The summed E-state index contributed by atoms with van der Waals surface area (Å²) in [5, 5.41) is 0.244. The second kappa shape index (κ2) is 6.49. The molecule has 0 saturated heterocycles. The maximum atomic E-state index is 11.9. The average molecular weight is 342 g/mol. The number of para-hydroxylation sites is 1. The van der Waals surface area contributed by atoms with Crippen LogP contribution in [0.3, 0.4) is 0 Å². The molecule has 1 heterocycles. The lowest BCUT2D eigenvalue weighted by atomic mass is 10.0. The molecule has 2 aromatic carbocycles. The summed E-state index contributed by atoms with van der Waals surface area (Å²) >= 11 is 5.79. The molecule has 5 heteroatoms. The van der Waals surface area contributed by atoms with Crippen molar-refractivity contribution in [2.75, 3.05) is 14.2 Å². The van der Waals surface area contributed by atoms with Crippen LogP contribution in [0.1, 0.15) is 15.9 Å². The molecule has 0 N–H and O–H groups in total. The van der Waals surface area contributed by atoms with Crippen molar-refractivity contribution in [3.05, 3.63) is 53.6 Å². The van der Waals surface area contributed by atoms with Gasteiger partial charge in [0.05, 0.1) is 25.4 Å². The number of fused-ring (bicyclic) bond motifs is 1. The number of methoxy groups -OCH3 is 2. The van der Waals surface area contributed by atoms with Crippen molar-refractivity contribution in [1.82, 2.24) is 4.98 Å². The number of aryl methyl sites for hydroxylation is 1. The van der Waals surface area contributed by atoms with Crippen molar-refractivity contribution in [3.8, 4) is 22.8 Å². The molecule has 4 nitrogen and oxygen atoms in total. The molecule has 0 radical (unpaired) electrons. The minimum atomic E-state index is -0.505. The van der Waals surface area contributed by atoms with Gasteiger partial charge in [0.1, 0.15) is 0 Å². The lowest BCUT2D eigenvalue weighted by molar-refractivity contribution is 0.108. The third-order valence-corrected chi connectivity index (χ3v) is 4.14. The first kappa shape index (κ1) is 16.3. The maximum absolute atomic E-state index is 11.9. The molecule has 0 aliphatic heterocycles. The molecular weight excluding hydrogens is 326 g/mol. The predicted octanol–water partition coefficient (Wildman–Crippen LogP) is 4.61. The topological polar surface area (TPSA) is 48.4 Å². The van der Waals surface area contributed by atoms with Crippen LogP contribution in [0.15, 0.2) is 42.5 Å². The van der Waals surface area contributed by atoms with Gasteiger partial charge in [0.15, 0.2) is 11.5 Å². The molecule has 1 aromatic heterocycles. The summed E-state index contributed by atoms with van der Waals surface area (Å²) in [4.78, 5) is 16.6. The highest BCUT2D eigenvalue weighted by Crippen LogP contribution is 2.33. The Morgan fingerprint density at radius 3 is 2.46 bits per heavy atom. The number of halogens is 1. The van der Waals surface area contributed by atoms with Crippen molar-refractivity contribution in [2.24, 2.45) is 0 Å². The molecule has 0 amide bonds. The van der Waals surface area contributed by atoms with Crippen LogP contribution in [0.2, 0.25) is 0 Å². The molecule has 0 aliphatic carbocycles. The van der Waals surface area contributed by atoms with Crippen LogP contribution in [-0.4, -0.2) is 24.4 Å². The first-order chi connectivity index (χ1) is 11.5. The van der Waals surface area contributed by atoms with Crippen molar-refractivity contribution < 1.29 is 14.3 Å². The van der Waals surface area contributed by atoms with Crippen LogP contribution in [0.5, 0.6) is 11.5 Å². The Bertz CT molecular complexity index is 937. The highest BCUT2D eigenvalue weighted by molar-refractivity contribution is 6.68. The number of hydrogen-bond donors (Lipinski definition) is 0. The van der Waals surface area contributed by atoms with Gasteiger partial charge < -0.3 is 9.47 Å². The van der Waals surface area contributed by atoms with Gasteiger partial charge in [0, 0.05) is 16.5 Å². The maximum Gasteiger partial charge on any atom is 0.253 e. The van der Waals surface area contributed by atoms with E-state index in [4.69, 9.17) is 26.1 Å². The Kier molecular flexibility index (Phi) is 4.40. The van der Waals surface area contributed by atoms with Gasteiger partial charge in [-0.3, -0.25) is 4.79 Å². The van der Waals surface area contributed by atoms with E-state index < -0.39 is 5.24 Å². The number of carbonyl (C=O) groups excluding carboxylic acids is 1. The predicted molar refractivity (Wildman–Crippen MR) is 95.2 cm³/mol. The Morgan fingerprint density at radius 1 is 1.04 bits per heavy atom. The van der Waals surface area contributed by atoms with Gasteiger partial charge in [-0.25, -0.2) is 4.98 Å². The molecule has 3 rings (SSSR count). The monoisotopic (exact) mass is 341 g/mol. The second-order valence-electron chi connectivity index (χ2n) is 5.37. The summed E-state index contributed by atoms with van der Waals surface area (Å²) < 4.78 is 10.6. The van der Waals surface area contributed by atoms with E-state index in [1.54, 1.807) is 26.4 Å². The van der Waals surface area contributed by atoms with Crippen LogP contribution in [0.25, 0.3) is 22.2 Å². The van der Waals surface area contributed by atoms with E-state index in [-0.39, 0.29) is 0 Å². The highest BCUT2D eigenvalue weighted by Gasteiger charge is 2.14. The van der Waals surface area contributed by atoms with E-state index in [0.29, 0.717) is 22.8 Å². The smallest absolute Gasteiger partial charge is 0.253 e. The Morgan fingerprint density at radius 2 is 1.79 bits per heavy atom. The minimum Gasteiger partial charge on any atom is -0.493 e. The molecule has 0 fully saturated rings. The van der Waals surface area contributed by atoms with Crippen molar-refractivity contribution in [3.63, 3.8) is 0 Å². The summed E-state index contributed by atoms with van der Waals surface area (Å²) in [5.41, 5.74) is 3.65. The zero-order valence-electron chi connectivity index (χ0n) is 13.6. The SMILES string of the molecule is COc1ccc(-c2cc(C(=O)Cl)c3cccc(C)c3n2)cc1OC. The fourth-order valence-electron chi connectivity index (χ4n) is 2.70. The normalized spacial score (nSPS) is 10.7. The minimum absolute atomic E-state index is 0.440. The second-order valence-corrected chi connectivity index (χ2v) is 5.71. The third kappa shape index (κ3) is 2.81. The summed E-state index contributed by atoms with van der Waals surface area (Å²) in [5.74, 6) is 1.23. The molecule has 0 saturated carbocycles. The Labute approximate surface area is 145 Å². The average Bonchev–Trinajstić information content (AvgIpc) is 2.60. The van der Waals surface area contributed by atoms with Gasteiger partial charge in [0.2, 0.25) is 0 Å². The molecule has 0 unspecified atom stereocenters. The summed E-state index contributed by atoms with van der Waals surface area (Å²) in [6, 6.07) is 12.9. The number of pyridine rings is 1. The van der Waals surface area contributed by atoms with Gasteiger partial charge >= 0.3 is 0 Å². The fourth-order valence-corrected chi connectivity index (χ4v) is 2.85.